The van der Waals surface area contributed by atoms with Gasteiger partial charge >= 0.3 is 19.7 Å². The van der Waals surface area contributed by atoms with Gasteiger partial charge in [-0.05, 0) is 39.8 Å². The SMILES string of the molecule is COCCOP(=O)(N[C@@H](C)C(=O)OC(C)C)OC[C@@]1(C)O[C@@H](c2ccc3c(N)ncnn23)[C@H](OC(=O)C(C)C)[C@@H]1OC(O)C(C)C. The fourth-order valence-corrected chi connectivity index (χ4v) is 6.12. The third-order valence-corrected chi connectivity index (χ3v) is 8.80. The minimum absolute atomic E-state index is 0.0848. The number of nitrogen functional groups attached to an aromatic ring is 1. The highest BCUT2D eigenvalue weighted by Crippen LogP contribution is 2.50. The molecule has 17 heteroatoms. The largest absolute Gasteiger partial charge is 0.462 e. The van der Waals surface area contributed by atoms with Gasteiger partial charge in [0.1, 0.15) is 35.7 Å². The molecule has 0 radical (unpaired) electrons. The maximum atomic E-state index is 14.0. The molecule has 0 saturated carbocycles. The van der Waals surface area contributed by atoms with Crippen LogP contribution in [0, 0.1) is 11.8 Å². The summed E-state index contributed by atoms with van der Waals surface area (Å²) < 4.78 is 56.0. The first-order valence-corrected chi connectivity index (χ1v) is 16.7. The van der Waals surface area contributed by atoms with Crippen LogP contribution in [-0.4, -0.2) is 94.8 Å². The Balaban J connectivity index is 2.04. The van der Waals surface area contributed by atoms with Gasteiger partial charge in [0.05, 0.1) is 37.5 Å². The Morgan fingerprint density at radius 3 is 2.43 bits per heavy atom. The number of aliphatic hydroxyl groups is 1. The summed E-state index contributed by atoms with van der Waals surface area (Å²) in [5, 5.41) is 17.8. The molecule has 1 fully saturated rings. The zero-order chi connectivity index (χ0) is 34.4. The fraction of sp³-hybridized carbons (Fsp3) is 0.724. The van der Waals surface area contributed by atoms with Crippen molar-refractivity contribution >= 4 is 31.0 Å². The van der Waals surface area contributed by atoms with E-state index in [4.69, 9.17) is 38.5 Å². The summed E-state index contributed by atoms with van der Waals surface area (Å²) in [7, 11) is -2.80. The molecule has 3 rings (SSSR count). The molecule has 1 saturated heterocycles. The van der Waals surface area contributed by atoms with Gasteiger partial charge in [-0.25, -0.2) is 19.2 Å². The van der Waals surface area contributed by atoms with Gasteiger partial charge in [-0.15, -0.1) is 0 Å². The van der Waals surface area contributed by atoms with E-state index in [0.717, 1.165) is 0 Å². The molecule has 7 atom stereocenters. The lowest BCUT2D eigenvalue weighted by Crippen LogP contribution is -2.50. The van der Waals surface area contributed by atoms with Gasteiger partial charge in [-0.3, -0.25) is 18.6 Å². The number of carbonyl (C=O) groups excluding carboxylic acids is 2. The molecular weight excluding hydrogens is 625 g/mol. The van der Waals surface area contributed by atoms with Crippen LogP contribution in [0.15, 0.2) is 18.5 Å². The van der Waals surface area contributed by atoms with Crippen molar-refractivity contribution in [2.75, 3.05) is 32.7 Å². The summed E-state index contributed by atoms with van der Waals surface area (Å²) in [5.41, 5.74) is 5.48. The highest BCUT2D eigenvalue weighted by atomic mass is 31.2. The van der Waals surface area contributed by atoms with Crippen LogP contribution in [0.3, 0.4) is 0 Å². The average molecular weight is 674 g/mol. The number of hydrogen-bond acceptors (Lipinski definition) is 14. The number of aromatic nitrogens is 3. The number of aliphatic hydroxyl groups excluding tert-OH is 1. The Kier molecular flexibility index (Phi) is 13.1. The summed E-state index contributed by atoms with van der Waals surface area (Å²) in [6.45, 7) is 12.8. The highest BCUT2D eigenvalue weighted by Gasteiger charge is 2.58. The van der Waals surface area contributed by atoms with Crippen LogP contribution in [0.25, 0.3) is 5.52 Å². The first-order chi connectivity index (χ1) is 21.5. The molecule has 2 aromatic heterocycles. The van der Waals surface area contributed by atoms with Crippen molar-refractivity contribution in [3.63, 3.8) is 0 Å². The lowest BCUT2D eigenvalue weighted by atomic mass is 9.95. The highest BCUT2D eigenvalue weighted by molar-refractivity contribution is 7.51. The monoisotopic (exact) mass is 673 g/mol. The van der Waals surface area contributed by atoms with Crippen LogP contribution in [0.1, 0.15) is 67.2 Å². The van der Waals surface area contributed by atoms with E-state index in [0.29, 0.717) is 11.2 Å². The molecule has 2 unspecified atom stereocenters. The summed E-state index contributed by atoms with van der Waals surface area (Å²) in [5.74, 6) is -1.85. The smallest absolute Gasteiger partial charge is 0.406 e. The van der Waals surface area contributed by atoms with Crippen molar-refractivity contribution in [3.8, 4) is 0 Å². The Morgan fingerprint density at radius 1 is 1.13 bits per heavy atom. The van der Waals surface area contributed by atoms with E-state index in [2.05, 4.69) is 15.2 Å². The Labute approximate surface area is 269 Å². The van der Waals surface area contributed by atoms with E-state index < -0.39 is 74.6 Å². The molecule has 46 heavy (non-hydrogen) atoms. The minimum atomic E-state index is -4.24. The van der Waals surface area contributed by atoms with E-state index in [1.807, 2.05) is 0 Å². The fourth-order valence-electron chi connectivity index (χ4n) is 4.58. The van der Waals surface area contributed by atoms with Gasteiger partial charge in [0.2, 0.25) is 0 Å². The van der Waals surface area contributed by atoms with Gasteiger partial charge in [-0.1, -0.05) is 27.7 Å². The number of nitrogens with two attached hydrogens (primary N) is 1. The van der Waals surface area contributed by atoms with Crippen molar-refractivity contribution < 1.29 is 52.0 Å². The van der Waals surface area contributed by atoms with Gasteiger partial charge in [0, 0.05) is 13.0 Å². The second-order valence-corrected chi connectivity index (χ2v) is 14.0. The number of anilines is 1. The second-order valence-electron chi connectivity index (χ2n) is 12.2. The summed E-state index contributed by atoms with van der Waals surface area (Å²) in [4.78, 5) is 29.6. The Morgan fingerprint density at radius 2 is 1.83 bits per heavy atom. The van der Waals surface area contributed by atoms with Gasteiger partial charge < -0.3 is 34.5 Å². The van der Waals surface area contributed by atoms with Crippen molar-refractivity contribution in [1.82, 2.24) is 19.7 Å². The van der Waals surface area contributed by atoms with Gasteiger partial charge in [0.15, 0.2) is 18.2 Å². The number of nitrogens with zero attached hydrogens (tertiary/aromatic N) is 3. The summed E-state index contributed by atoms with van der Waals surface area (Å²) in [6, 6.07) is 2.32. The van der Waals surface area contributed by atoms with Crippen LogP contribution in [0.4, 0.5) is 5.82 Å². The number of hydrogen-bond donors (Lipinski definition) is 3. The molecule has 0 spiro atoms. The summed E-state index contributed by atoms with van der Waals surface area (Å²) >= 11 is 0. The molecule has 1 aliphatic heterocycles. The van der Waals surface area contributed by atoms with E-state index in [1.165, 1.54) is 24.9 Å². The lowest BCUT2D eigenvalue weighted by Gasteiger charge is -2.35. The average Bonchev–Trinajstić information content (AvgIpc) is 3.52. The first-order valence-electron chi connectivity index (χ1n) is 15.2. The zero-order valence-electron chi connectivity index (χ0n) is 27.9. The molecule has 3 heterocycles. The van der Waals surface area contributed by atoms with Crippen LogP contribution >= 0.6 is 7.75 Å². The number of rotatable bonds is 17. The molecule has 260 valence electrons. The zero-order valence-corrected chi connectivity index (χ0v) is 28.8. The van der Waals surface area contributed by atoms with Crippen LogP contribution in [0.2, 0.25) is 0 Å². The van der Waals surface area contributed by atoms with E-state index >= 15 is 0 Å². The quantitative estimate of drug-likeness (QED) is 0.0956. The molecule has 2 aromatic rings. The summed E-state index contributed by atoms with van der Waals surface area (Å²) in [6.07, 6.45) is -3.73. The molecule has 0 aliphatic carbocycles. The minimum Gasteiger partial charge on any atom is -0.462 e. The topological polar surface area (TPSA) is 204 Å². The maximum absolute atomic E-state index is 14.0. The molecule has 4 N–H and O–H groups in total. The van der Waals surface area contributed by atoms with Gasteiger partial charge in [-0.2, -0.15) is 5.10 Å². The normalized spacial score (nSPS) is 24.4. The van der Waals surface area contributed by atoms with Crippen molar-refractivity contribution in [1.29, 1.82) is 0 Å². The first kappa shape index (κ1) is 37.8. The third-order valence-electron chi connectivity index (χ3n) is 7.10. The number of esters is 2. The molecule has 0 bridgehead atoms. The number of nitrogens with one attached hydrogen (secondary N) is 1. The predicted octanol–water partition coefficient (Wildman–Crippen LogP) is 2.79. The Hall–Kier alpha value is -2.69. The maximum Gasteiger partial charge on any atom is 0.406 e. The number of fused-ring (bicyclic) bond motifs is 1. The van der Waals surface area contributed by atoms with E-state index in [-0.39, 0.29) is 24.9 Å². The number of ether oxygens (including phenoxy) is 5. The predicted molar refractivity (Wildman–Crippen MR) is 165 cm³/mol. The second kappa shape index (κ2) is 15.9. The molecular formula is C29H48N5O11P. The van der Waals surface area contributed by atoms with Crippen molar-refractivity contribution in [3.05, 3.63) is 24.2 Å². The van der Waals surface area contributed by atoms with Crippen LogP contribution in [-0.2, 0) is 46.9 Å². The lowest BCUT2D eigenvalue weighted by molar-refractivity contribution is -0.213. The molecule has 16 nitrogen and oxygen atoms in total. The van der Waals surface area contributed by atoms with Crippen LogP contribution < -0.4 is 10.8 Å². The molecule has 0 amide bonds. The number of carbonyl (C=O) groups is 2. The van der Waals surface area contributed by atoms with Gasteiger partial charge in [0.25, 0.3) is 0 Å². The Bertz CT molecular complexity index is 1370. The van der Waals surface area contributed by atoms with Crippen LogP contribution in [0.5, 0.6) is 0 Å². The van der Waals surface area contributed by atoms with Crippen molar-refractivity contribution in [2.24, 2.45) is 11.8 Å². The van der Waals surface area contributed by atoms with E-state index in [1.54, 1.807) is 60.6 Å². The van der Waals surface area contributed by atoms with Crippen molar-refractivity contribution in [2.45, 2.75) is 97.7 Å². The molecule has 1 aliphatic rings. The third kappa shape index (κ3) is 9.22. The standard InChI is InChI=1S/C29H48N5O11P/c1-16(2)26(35)43-23-22(20-10-11-21-25(30)31-15-32-34(20)21)45-29(8,24(23)44-27(36)17(3)4)14-41-46(38,40-13-12-39-9)33-19(7)28(37)42-18(5)6/h10-11,15-19,22-24,27,36H,12-14H2,1-9H3,(H,33,38)(H2,30,31,32)/t19-,22-,23-,24-,27?,29+,46?/m0/s1. The number of methoxy groups -OCH3 is 1. The van der Waals surface area contributed by atoms with E-state index in [9.17, 15) is 19.3 Å². The molecule has 0 aromatic carbocycles.